The first-order valence-electron chi connectivity index (χ1n) is 11.9. The normalized spacial score (nSPS) is 16.2. The Balaban J connectivity index is 1.98. The molecule has 1 N–H and O–H groups in total. The number of aromatic nitrogens is 2. The number of rotatable bonds is 11. The summed E-state index contributed by atoms with van der Waals surface area (Å²) in [5, 5.41) is 15.5. The number of hydrogen-bond donors (Lipinski definition) is 1. The van der Waals surface area contributed by atoms with Crippen LogP contribution in [-0.4, -0.2) is 55.7 Å². The van der Waals surface area contributed by atoms with Gasteiger partial charge < -0.3 is 9.64 Å². The summed E-state index contributed by atoms with van der Waals surface area (Å²) in [5.41, 5.74) is 1.52. The van der Waals surface area contributed by atoms with Crippen LogP contribution in [0.4, 0.5) is 35.4 Å². The molecule has 0 amide bonds. The Morgan fingerprint density at radius 1 is 1.24 bits per heavy atom. The van der Waals surface area contributed by atoms with Gasteiger partial charge in [0.25, 0.3) is 5.13 Å². The molecule has 15 heteroatoms. The fraction of sp³-hybridized carbons (Fsp3) is 0.591. The van der Waals surface area contributed by atoms with Crippen molar-refractivity contribution in [1.29, 1.82) is 0 Å². The lowest BCUT2D eigenvalue weighted by molar-refractivity contribution is -0.106. The number of azo groups is 1. The van der Waals surface area contributed by atoms with Crippen molar-refractivity contribution in [2.75, 3.05) is 28.5 Å². The molecule has 0 radical (unpaired) electrons. The highest BCUT2D eigenvalue weighted by Crippen LogP contribution is 2.40. The fourth-order valence-electron chi connectivity index (χ4n) is 3.79. The predicted molar refractivity (Wildman–Crippen MR) is 135 cm³/mol. The number of benzene rings is 1. The maximum atomic E-state index is 12.9. The first-order chi connectivity index (χ1) is 17.4. The summed E-state index contributed by atoms with van der Waals surface area (Å²) in [6.45, 7) is 6.90. The molecule has 1 aromatic heterocycles. The van der Waals surface area contributed by atoms with Crippen molar-refractivity contribution in [2.24, 2.45) is 10.2 Å². The first-order valence-corrected chi connectivity index (χ1v) is 14.3. The van der Waals surface area contributed by atoms with Gasteiger partial charge in [0.05, 0.1) is 12.3 Å². The van der Waals surface area contributed by atoms with E-state index in [4.69, 9.17) is 4.74 Å². The lowest BCUT2D eigenvalue weighted by Crippen LogP contribution is -2.38. The number of nitrogens with zero attached hydrogens (tertiary/aromatic N) is 5. The number of carbonyl (C=O) groups is 1. The Hall–Kier alpha value is -2.81. The summed E-state index contributed by atoms with van der Waals surface area (Å²) in [7, 11) is -4.77. The highest BCUT2D eigenvalue weighted by atomic mass is 32.2. The molecule has 0 aliphatic carbocycles. The SMILES string of the molecule is CCCCN1c2cc(NS(=O)(=O)CC(F)(F)F)c(N=Nc3nnc(C(=O)OCCC)s3)cc2CCC1C. The third-order valence-corrected chi connectivity index (χ3v) is 7.54. The van der Waals surface area contributed by atoms with Gasteiger partial charge in [-0.1, -0.05) is 31.6 Å². The molecule has 0 saturated carbocycles. The zero-order valence-electron chi connectivity index (χ0n) is 20.7. The van der Waals surface area contributed by atoms with Crippen LogP contribution in [0.1, 0.15) is 61.8 Å². The molecular weight excluding hydrogens is 533 g/mol. The van der Waals surface area contributed by atoms with Gasteiger partial charge >= 0.3 is 12.1 Å². The van der Waals surface area contributed by atoms with Crippen LogP contribution >= 0.6 is 11.3 Å². The summed E-state index contributed by atoms with van der Waals surface area (Å²) in [6.07, 6.45) is -0.891. The van der Waals surface area contributed by atoms with E-state index in [1.807, 2.05) is 11.6 Å². The molecule has 2 aromatic rings. The molecule has 0 saturated heterocycles. The Morgan fingerprint density at radius 2 is 2.00 bits per heavy atom. The number of hydrogen-bond acceptors (Lipinski definition) is 10. The van der Waals surface area contributed by atoms with Crippen molar-refractivity contribution in [3.8, 4) is 0 Å². The summed E-state index contributed by atoms with van der Waals surface area (Å²) < 4.78 is 70.3. The quantitative estimate of drug-likeness (QED) is 0.272. The van der Waals surface area contributed by atoms with Crippen LogP contribution in [0.15, 0.2) is 22.4 Å². The van der Waals surface area contributed by atoms with Gasteiger partial charge in [0, 0.05) is 18.3 Å². The van der Waals surface area contributed by atoms with E-state index in [0.29, 0.717) is 12.8 Å². The number of esters is 1. The highest BCUT2D eigenvalue weighted by Gasteiger charge is 2.36. The van der Waals surface area contributed by atoms with E-state index in [2.05, 4.69) is 39.2 Å². The third-order valence-electron chi connectivity index (χ3n) is 5.51. The molecule has 1 aromatic carbocycles. The minimum Gasteiger partial charge on any atom is -0.460 e. The number of nitrogens with one attached hydrogen (secondary N) is 1. The average Bonchev–Trinajstić information content (AvgIpc) is 3.28. The number of anilines is 2. The minimum absolute atomic E-state index is 0.00321. The second-order valence-electron chi connectivity index (χ2n) is 8.63. The number of carbonyl (C=O) groups excluding carboxylic acids is 1. The van der Waals surface area contributed by atoms with E-state index >= 15 is 0 Å². The summed E-state index contributed by atoms with van der Waals surface area (Å²) in [4.78, 5) is 14.1. The van der Waals surface area contributed by atoms with Gasteiger partial charge in [-0.15, -0.1) is 20.4 Å². The van der Waals surface area contributed by atoms with Crippen LogP contribution in [0, 0.1) is 0 Å². The number of unbranched alkanes of at least 4 members (excludes halogenated alkanes) is 1. The van der Waals surface area contributed by atoms with Gasteiger partial charge in [0.15, 0.2) is 5.75 Å². The number of fused-ring (bicyclic) bond motifs is 1. The molecule has 1 unspecified atom stereocenters. The van der Waals surface area contributed by atoms with Crippen LogP contribution in [0.3, 0.4) is 0 Å². The van der Waals surface area contributed by atoms with Crippen molar-refractivity contribution in [2.45, 2.75) is 65.1 Å². The van der Waals surface area contributed by atoms with Crippen LogP contribution in [0.2, 0.25) is 0 Å². The molecule has 2 heterocycles. The molecule has 204 valence electrons. The van der Waals surface area contributed by atoms with Crippen LogP contribution in [-0.2, 0) is 21.2 Å². The topological polar surface area (TPSA) is 126 Å². The molecule has 37 heavy (non-hydrogen) atoms. The number of ether oxygens (including phenoxy) is 1. The standard InChI is InChI=1S/C22H29F3N6O4S2/c1-4-6-9-31-14(3)7-8-15-11-16(17(12-18(15)31)30-37(33,34)13-22(23,24)25)26-28-21-29-27-19(36-21)20(32)35-10-5-2/h11-12,14,30H,4-10,13H2,1-3H3. The molecule has 3 rings (SSSR count). The van der Waals surface area contributed by atoms with Crippen molar-refractivity contribution in [3.63, 3.8) is 0 Å². The summed E-state index contributed by atoms with van der Waals surface area (Å²) in [6, 6.07) is 3.31. The molecule has 1 atom stereocenters. The van der Waals surface area contributed by atoms with Gasteiger partial charge in [-0.05, 0) is 50.3 Å². The molecular formula is C22H29F3N6O4S2. The molecule has 1 aliphatic rings. The Labute approximate surface area is 217 Å². The molecule has 1 aliphatic heterocycles. The van der Waals surface area contributed by atoms with Crippen molar-refractivity contribution >= 4 is 49.5 Å². The number of aryl methyl sites for hydroxylation is 1. The minimum atomic E-state index is -4.92. The van der Waals surface area contributed by atoms with E-state index < -0.39 is 27.9 Å². The van der Waals surface area contributed by atoms with E-state index in [9.17, 15) is 26.4 Å². The molecule has 10 nitrogen and oxygen atoms in total. The van der Waals surface area contributed by atoms with E-state index in [0.717, 1.165) is 48.4 Å². The zero-order chi connectivity index (χ0) is 27.2. The number of alkyl halides is 3. The van der Waals surface area contributed by atoms with E-state index in [-0.39, 0.29) is 34.2 Å². The Morgan fingerprint density at radius 3 is 2.68 bits per heavy atom. The second-order valence-corrected chi connectivity index (χ2v) is 11.3. The lowest BCUT2D eigenvalue weighted by Gasteiger charge is -2.37. The van der Waals surface area contributed by atoms with Crippen molar-refractivity contribution < 1.29 is 31.1 Å². The van der Waals surface area contributed by atoms with Gasteiger partial charge in [0.2, 0.25) is 15.0 Å². The predicted octanol–water partition coefficient (Wildman–Crippen LogP) is 5.77. The van der Waals surface area contributed by atoms with Gasteiger partial charge in [0.1, 0.15) is 5.69 Å². The maximum absolute atomic E-state index is 12.9. The largest absolute Gasteiger partial charge is 0.460 e. The van der Waals surface area contributed by atoms with Crippen LogP contribution in [0.5, 0.6) is 0 Å². The zero-order valence-corrected chi connectivity index (χ0v) is 22.3. The first kappa shape index (κ1) is 28.8. The fourth-order valence-corrected chi connectivity index (χ4v) is 5.35. The Kier molecular flexibility index (Phi) is 9.45. The van der Waals surface area contributed by atoms with Crippen LogP contribution < -0.4 is 9.62 Å². The van der Waals surface area contributed by atoms with Crippen LogP contribution in [0.25, 0.3) is 0 Å². The summed E-state index contributed by atoms with van der Waals surface area (Å²) in [5.74, 6) is -2.69. The molecule has 0 bridgehead atoms. The third kappa shape index (κ3) is 8.09. The highest BCUT2D eigenvalue weighted by molar-refractivity contribution is 7.92. The van der Waals surface area contributed by atoms with Gasteiger partial charge in [-0.25, -0.2) is 13.2 Å². The smallest absolute Gasteiger partial charge is 0.404 e. The van der Waals surface area contributed by atoms with E-state index in [1.54, 1.807) is 6.07 Å². The maximum Gasteiger partial charge on any atom is 0.404 e. The summed E-state index contributed by atoms with van der Waals surface area (Å²) >= 11 is 0.823. The van der Waals surface area contributed by atoms with E-state index in [1.165, 1.54) is 6.07 Å². The second kappa shape index (κ2) is 12.2. The number of sulfonamides is 1. The molecule has 0 spiro atoms. The van der Waals surface area contributed by atoms with Gasteiger partial charge in [-0.3, -0.25) is 4.72 Å². The lowest BCUT2D eigenvalue weighted by atomic mass is 9.95. The number of halogens is 3. The monoisotopic (exact) mass is 562 g/mol. The molecule has 0 fully saturated rings. The van der Waals surface area contributed by atoms with Crippen molar-refractivity contribution in [3.05, 3.63) is 22.7 Å². The van der Waals surface area contributed by atoms with Crippen molar-refractivity contribution in [1.82, 2.24) is 10.2 Å². The van der Waals surface area contributed by atoms with Gasteiger partial charge in [-0.2, -0.15) is 13.2 Å². The average molecular weight is 563 g/mol. The Bertz CT molecular complexity index is 1230.